The SMILES string of the molecule is CCCCCCCCCCOC(CCC)C(CSC(CP(=O)(O)OCCC)C(=O)O)C1CCCCC1. The van der Waals surface area contributed by atoms with Crippen LogP contribution in [-0.2, 0) is 18.6 Å². The van der Waals surface area contributed by atoms with Gasteiger partial charge in [0.1, 0.15) is 5.25 Å². The first-order valence-corrected chi connectivity index (χ1v) is 17.6. The van der Waals surface area contributed by atoms with Gasteiger partial charge in [-0.15, -0.1) is 11.8 Å². The molecule has 36 heavy (non-hydrogen) atoms. The fraction of sp³-hybridized carbons (Fsp3) is 0.964. The van der Waals surface area contributed by atoms with Gasteiger partial charge in [-0.05, 0) is 36.9 Å². The lowest BCUT2D eigenvalue weighted by Gasteiger charge is -2.36. The van der Waals surface area contributed by atoms with Crippen LogP contribution >= 0.6 is 19.4 Å². The first kappa shape index (κ1) is 34.0. The summed E-state index contributed by atoms with van der Waals surface area (Å²) in [5.74, 6) is 0.426. The van der Waals surface area contributed by atoms with E-state index in [-0.39, 0.29) is 24.8 Å². The van der Waals surface area contributed by atoms with Crippen molar-refractivity contribution in [2.45, 2.75) is 135 Å². The number of hydrogen-bond donors (Lipinski definition) is 2. The van der Waals surface area contributed by atoms with E-state index in [1.54, 1.807) is 0 Å². The maximum Gasteiger partial charge on any atom is 0.329 e. The first-order valence-electron chi connectivity index (χ1n) is 14.8. The molecule has 0 spiro atoms. The van der Waals surface area contributed by atoms with Crippen LogP contribution in [0.2, 0.25) is 0 Å². The van der Waals surface area contributed by atoms with Crippen LogP contribution in [0, 0.1) is 11.8 Å². The van der Waals surface area contributed by atoms with Crippen LogP contribution in [0.4, 0.5) is 0 Å². The van der Waals surface area contributed by atoms with Gasteiger partial charge in [0.05, 0.1) is 18.9 Å². The van der Waals surface area contributed by atoms with Crippen LogP contribution in [-0.4, -0.2) is 52.5 Å². The zero-order valence-electron chi connectivity index (χ0n) is 23.3. The summed E-state index contributed by atoms with van der Waals surface area (Å²) >= 11 is 1.31. The molecule has 6 nitrogen and oxygen atoms in total. The molecule has 0 heterocycles. The van der Waals surface area contributed by atoms with Crippen LogP contribution in [0.5, 0.6) is 0 Å². The van der Waals surface area contributed by atoms with Crippen LogP contribution in [0.15, 0.2) is 0 Å². The minimum absolute atomic E-state index is 0.127. The molecule has 1 fully saturated rings. The van der Waals surface area contributed by atoms with E-state index in [9.17, 15) is 19.4 Å². The summed E-state index contributed by atoms with van der Waals surface area (Å²) in [6.07, 6.45) is 18.7. The maximum absolute atomic E-state index is 12.4. The van der Waals surface area contributed by atoms with Crippen molar-refractivity contribution in [3.8, 4) is 0 Å². The molecule has 0 amide bonds. The van der Waals surface area contributed by atoms with Gasteiger partial charge in [0.2, 0.25) is 0 Å². The van der Waals surface area contributed by atoms with Gasteiger partial charge in [-0.2, -0.15) is 0 Å². The Hall–Kier alpha value is -0.0700. The molecule has 1 aliphatic carbocycles. The number of rotatable bonds is 23. The standard InChI is InChI=1S/C28H55O6PS/c1-4-7-8-9-10-11-12-16-21-33-26(17-5-2)25(24-18-14-13-15-19-24)23-36-27(28(29)30)22-35(31,32)34-20-6-3/h24-27H,4-23H2,1-3H3,(H,29,30)(H,31,32). The van der Waals surface area contributed by atoms with Crippen molar-refractivity contribution in [2.75, 3.05) is 25.1 Å². The molecule has 0 aromatic rings. The molecule has 1 aliphatic rings. The maximum atomic E-state index is 12.4. The normalized spacial score (nSPS) is 19.0. The highest BCUT2D eigenvalue weighted by Crippen LogP contribution is 2.45. The van der Waals surface area contributed by atoms with Gasteiger partial charge >= 0.3 is 13.6 Å². The quantitative estimate of drug-likeness (QED) is 0.0976. The van der Waals surface area contributed by atoms with Crippen LogP contribution in [0.1, 0.15) is 124 Å². The van der Waals surface area contributed by atoms with E-state index in [4.69, 9.17) is 9.26 Å². The van der Waals surface area contributed by atoms with Crippen molar-refractivity contribution >= 4 is 25.3 Å². The lowest BCUT2D eigenvalue weighted by molar-refractivity contribution is -0.136. The van der Waals surface area contributed by atoms with Crippen molar-refractivity contribution in [1.29, 1.82) is 0 Å². The van der Waals surface area contributed by atoms with E-state index in [1.165, 1.54) is 88.8 Å². The topological polar surface area (TPSA) is 93.1 Å². The fourth-order valence-corrected chi connectivity index (χ4v) is 8.43. The summed E-state index contributed by atoms with van der Waals surface area (Å²) in [7, 11) is -3.92. The third-order valence-electron chi connectivity index (χ3n) is 7.29. The van der Waals surface area contributed by atoms with Crippen LogP contribution < -0.4 is 0 Å². The molecule has 0 saturated heterocycles. The summed E-state index contributed by atoms with van der Waals surface area (Å²) in [4.78, 5) is 22.1. The molecule has 0 aliphatic heterocycles. The predicted octanol–water partition coefficient (Wildman–Crippen LogP) is 8.31. The number of carboxylic acids is 1. The molecule has 4 unspecified atom stereocenters. The summed E-state index contributed by atoms with van der Waals surface area (Å²) in [6, 6.07) is 0. The van der Waals surface area contributed by atoms with Gasteiger partial charge in [-0.1, -0.05) is 104 Å². The number of unbranched alkanes of at least 4 members (excludes halogenated alkanes) is 7. The van der Waals surface area contributed by atoms with E-state index >= 15 is 0 Å². The first-order chi connectivity index (χ1) is 17.3. The van der Waals surface area contributed by atoms with Gasteiger partial charge in [-0.25, -0.2) is 0 Å². The molecule has 0 aromatic carbocycles. The Balaban J connectivity index is 2.70. The summed E-state index contributed by atoms with van der Waals surface area (Å²) in [5, 5.41) is 8.83. The number of aliphatic carboxylic acids is 1. The van der Waals surface area contributed by atoms with Gasteiger partial charge < -0.3 is 19.3 Å². The van der Waals surface area contributed by atoms with Gasteiger partial charge in [0, 0.05) is 6.61 Å². The second kappa shape index (κ2) is 20.8. The smallest absolute Gasteiger partial charge is 0.329 e. The molecule has 4 atom stereocenters. The van der Waals surface area contributed by atoms with E-state index in [2.05, 4.69) is 13.8 Å². The molecular weight excluding hydrogens is 495 g/mol. The van der Waals surface area contributed by atoms with Gasteiger partial charge in [-0.3, -0.25) is 9.36 Å². The van der Waals surface area contributed by atoms with E-state index in [0.717, 1.165) is 25.9 Å². The Kier molecular flexibility index (Phi) is 19.7. The van der Waals surface area contributed by atoms with Crippen molar-refractivity contribution in [1.82, 2.24) is 0 Å². The molecule has 2 N–H and O–H groups in total. The highest BCUT2D eigenvalue weighted by atomic mass is 32.2. The monoisotopic (exact) mass is 550 g/mol. The van der Waals surface area contributed by atoms with Crippen molar-refractivity contribution in [3.05, 3.63) is 0 Å². The zero-order chi connectivity index (χ0) is 26.7. The largest absolute Gasteiger partial charge is 0.480 e. The van der Waals surface area contributed by atoms with Crippen molar-refractivity contribution < 1.29 is 28.6 Å². The lowest BCUT2D eigenvalue weighted by Crippen LogP contribution is -2.35. The molecule has 1 rings (SSSR count). The Labute approximate surface area is 225 Å². The summed E-state index contributed by atoms with van der Waals surface area (Å²) in [6.45, 7) is 7.23. The molecular formula is C28H55O6PS. The Morgan fingerprint density at radius 2 is 1.56 bits per heavy atom. The Morgan fingerprint density at radius 1 is 0.917 bits per heavy atom. The average Bonchev–Trinajstić information content (AvgIpc) is 2.86. The number of carboxylic acid groups (broad SMARTS) is 1. The highest BCUT2D eigenvalue weighted by Gasteiger charge is 2.35. The highest BCUT2D eigenvalue weighted by molar-refractivity contribution is 8.00. The third kappa shape index (κ3) is 15.4. The summed E-state index contributed by atoms with van der Waals surface area (Å²) < 4.78 is 24.0. The Morgan fingerprint density at radius 3 is 2.14 bits per heavy atom. The molecule has 1 saturated carbocycles. The van der Waals surface area contributed by atoms with E-state index in [0.29, 0.717) is 18.1 Å². The molecule has 214 valence electrons. The average molecular weight is 551 g/mol. The minimum Gasteiger partial charge on any atom is -0.480 e. The van der Waals surface area contributed by atoms with Crippen LogP contribution in [0.3, 0.4) is 0 Å². The second-order valence-electron chi connectivity index (χ2n) is 10.5. The Bertz CT molecular complexity index is 599. The van der Waals surface area contributed by atoms with E-state index < -0.39 is 18.8 Å². The third-order valence-corrected chi connectivity index (χ3v) is 10.3. The van der Waals surface area contributed by atoms with Crippen molar-refractivity contribution in [2.24, 2.45) is 11.8 Å². The van der Waals surface area contributed by atoms with Crippen LogP contribution in [0.25, 0.3) is 0 Å². The number of hydrogen-bond acceptors (Lipinski definition) is 5. The zero-order valence-corrected chi connectivity index (χ0v) is 25.0. The van der Waals surface area contributed by atoms with Gasteiger partial charge in [0.25, 0.3) is 0 Å². The summed E-state index contributed by atoms with van der Waals surface area (Å²) in [5.41, 5.74) is 0. The predicted molar refractivity (Wildman–Crippen MR) is 152 cm³/mol. The number of carbonyl (C=O) groups is 1. The van der Waals surface area contributed by atoms with E-state index in [1.807, 2.05) is 6.92 Å². The van der Waals surface area contributed by atoms with Crippen molar-refractivity contribution in [3.63, 3.8) is 0 Å². The molecule has 8 heteroatoms. The molecule has 0 aromatic heterocycles. The lowest BCUT2D eigenvalue weighted by atomic mass is 9.77. The second-order valence-corrected chi connectivity index (χ2v) is 13.7. The minimum atomic E-state index is -3.92. The van der Waals surface area contributed by atoms with Gasteiger partial charge in [0.15, 0.2) is 0 Å². The molecule has 0 radical (unpaired) electrons. The number of thioether (sulfide) groups is 1. The number of ether oxygens (including phenoxy) is 1. The fourth-order valence-electron chi connectivity index (χ4n) is 5.21. The molecule has 0 bridgehead atoms.